The zero-order chi connectivity index (χ0) is 24.2. The molecular formula is C29H37O3PSi. The molecule has 3 aromatic carbocycles. The van der Waals surface area contributed by atoms with Gasteiger partial charge in [0.2, 0.25) is 0 Å². The zero-order valence-corrected chi connectivity index (χ0v) is 22.7. The Morgan fingerprint density at radius 3 is 1.85 bits per heavy atom. The molecule has 1 fully saturated rings. The van der Waals surface area contributed by atoms with Crippen LogP contribution < -0.4 is 10.6 Å². The SMILES string of the molecule is CCCC[C@@H]1C[C@@H](P(=O)(c2ccccc2)c2ccccc2)[C@](O[Si](C)(C)C)(c2ccccc2)O1. The predicted octanol–water partition coefficient (Wildman–Crippen LogP) is 7.05. The van der Waals surface area contributed by atoms with Crippen LogP contribution in [0.15, 0.2) is 91.0 Å². The smallest absolute Gasteiger partial charge is 0.196 e. The average Bonchev–Trinajstić information content (AvgIpc) is 3.22. The van der Waals surface area contributed by atoms with Crippen molar-refractivity contribution in [3.05, 3.63) is 96.6 Å². The van der Waals surface area contributed by atoms with Gasteiger partial charge in [0.1, 0.15) is 0 Å². The normalized spacial score (nSPS) is 23.2. The molecule has 0 spiro atoms. The van der Waals surface area contributed by atoms with E-state index < -0.39 is 21.2 Å². The van der Waals surface area contributed by atoms with Crippen molar-refractivity contribution >= 4 is 26.1 Å². The molecule has 0 unspecified atom stereocenters. The van der Waals surface area contributed by atoms with Crippen LogP contribution in [0, 0.1) is 0 Å². The second-order valence-corrected chi connectivity index (χ2v) is 17.6. The molecule has 3 nitrogen and oxygen atoms in total. The van der Waals surface area contributed by atoms with Crippen molar-refractivity contribution in [3.8, 4) is 0 Å². The molecule has 1 aliphatic heterocycles. The molecular weight excluding hydrogens is 455 g/mol. The summed E-state index contributed by atoms with van der Waals surface area (Å²) in [6.07, 6.45) is 3.84. The average molecular weight is 493 g/mol. The first-order valence-corrected chi connectivity index (χ1v) is 17.6. The van der Waals surface area contributed by atoms with Gasteiger partial charge in [0.05, 0.1) is 11.8 Å². The van der Waals surface area contributed by atoms with Gasteiger partial charge in [-0.1, -0.05) is 111 Å². The fraction of sp³-hybridized carbons (Fsp3) is 0.379. The molecule has 1 saturated heterocycles. The van der Waals surface area contributed by atoms with Gasteiger partial charge < -0.3 is 13.7 Å². The quantitative estimate of drug-likeness (QED) is 0.237. The molecule has 0 aliphatic carbocycles. The van der Waals surface area contributed by atoms with Gasteiger partial charge in [-0.3, -0.25) is 0 Å². The van der Waals surface area contributed by atoms with Crippen LogP contribution in [0.5, 0.6) is 0 Å². The highest BCUT2D eigenvalue weighted by Crippen LogP contribution is 2.62. The molecule has 34 heavy (non-hydrogen) atoms. The van der Waals surface area contributed by atoms with Crippen molar-refractivity contribution in [2.45, 2.75) is 69.8 Å². The summed E-state index contributed by atoms with van der Waals surface area (Å²) >= 11 is 0. The highest BCUT2D eigenvalue weighted by Gasteiger charge is 2.60. The molecule has 0 amide bonds. The molecule has 0 radical (unpaired) electrons. The van der Waals surface area contributed by atoms with Gasteiger partial charge >= 0.3 is 0 Å². The standard InChI is InChI=1S/C29H37O3PSi/c1-5-6-18-25-23-28(29(31-25,32-34(2,3)4)24-16-10-7-11-17-24)33(30,26-19-12-8-13-20-26)27-21-14-9-15-22-27/h7-17,19-22,25,28H,5-6,18,23H2,1-4H3/t25-,28-,29-/m1/s1. The van der Waals surface area contributed by atoms with Gasteiger partial charge in [-0.2, -0.15) is 0 Å². The Morgan fingerprint density at radius 2 is 1.38 bits per heavy atom. The maximum absolute atomic E-state index is 15.6. The van der Waals surface area contributed by atoms with E-state index in [1.807, 2.05) is 78.9 Å². The van der Waals surface area contributed by atoms with Gasteiger partial charge in [-0.25, -0.2) is 0 Å². The Morgan fingerprint density at radius 1 is 0.882 bits per heavy atom. The van der Waals surface area contributed by atoms with E-state index in [1.54, 1.807) is 0 Å². The monoisotopic (exact) mass is 492 g/mol. The van der Waals surface area contributed by atoms with E-state index in [2.05, 4.69) is 38.7 Å². The lowest BCUT2D eigenvalue weighted by atomic mass is 10.0. The fourth-order valence-corrected chi connectivity index (χ4v) is 9.96. The molecule has 0 aromatic heterocycles. The lowest BCUT2D eigenvalue weighted by Gasteiger charge is -2.43. The van der Waals surface area contributed by atoms with E-state index in [-0.39, 0.29) is 11.8 Å². The first kappa shape index (κ1) is 25.1. The largest absolute Gasteiger partial charge is 0.387 e. The van der Waals surface area contributed by atoms with Crippen LogP contribution in [-0.4, -0.2) is 20.1 Å². The van der Waals surface area contributed by atoms with Crippen LogP contribution in [0.3, 0.4) is 0 Å². The molecule has 0 bridgehead atoms. The number of unbranched alkanes of at least 4 members (excludes halogenated alkanes) is 1. The van der Waals surface area contributed by atoms with Crippen LogP contribution in [0.25, 0.3) is 0 Å². The van der Waals surface area contributed by atoms with E-state index in [0.29, 0.717) is 6.42 Å². The second kappa shape index (κ2) is 10.3. The summed E-state index contributed by atoms with van der Waals surface area (Å²) in [4.78, 5) is 0. The first-order valence-electron chi connectivity index (χ1n) is 12.4. The Labute approximate surface area is 206 Å². The topological polar surface area (TPSA) is 35.5 Å². The Hall–Kier alpha value is -1.97. The van der Waals surface area contributed by atoms with Crippen LogP contribution in [0.1, 0.15) is 38.2 Å². The number of hydrogen-bond acceptors (Lipinski definition) is 3. The molecule has 0 N–H and O–H groups in total. The maximum Gasteiger partial charge on any atom is 0.196 e. The third-order valence-corrected chi connectivity index (χ3v) is 11.0. The third kappa shape index (κ3) is 5.01. The minimum absolute atomic E-state index is 0.00209. The minimum Gasteiger partial charge on any atom is -0.387 e. The molecule has 0 saturated carbocycles. The number of rotatable bonds is 9. The summed E-state index contributed by atoms with van der Waals surface area (Å²) in [6, 6.07) is 30.2. The van der Waals surface area contributed by atoms with Crippen molar-refractivity contribution in [1.29, 1.82) is 0 Å². The summed E-state index contributed by atoms with van der Waals surface area (Å²) in [7, 11) is -5.25. The van der Waals surface area contributed by atoms with E-state index in [4.69, 9.17) is 9.16 Å². The van der Waals surface area contributed by atoms with Gasteiger partial charge in [0, 0.05) is 16.2 Å². The molecule has 4 rings (SSSR count). The van der Waals surface area contributed by atoms with Crippen molar-refractivity contribution in [2.24, 2.45) is 0 Å². The Bertz CT molecular complexity index is 1050. The summed E-state index contributed by atoms with van der Waals surface area (Å²) in [5.74, 6) is -1.05. The summed E-state index contributed by atoms with van der Waals surface area (Å²) in [5, 5.41) is 1.73. The van der Waals surface area contributed by atoms with Gasteiger partial charge in [0.15, 0.2) is 21.2 Å². The molecule has 1 aliphatic rings. The van der Waals surface area contributed by atoms with E-state index >= 15 is 4.57 Å². The fourth-order valence-electron chi connectivity index (χ4n) is 5.12. The maximum atomic E-state index is 15.6. The lowest BCUT2D eigenvalue weighted by Crippen LogP contribution is -2.49. The van der Waals surface area contributed by atoms with E-state index in [9.17, 15) is 0 Å². The van der Waals surface area contributed by atoms with Gasteiger partial charge in [0.25, 0.3) is 0 Å². The summed E-state index contributed by atoms with van der Waals surface area (Å²) in [5.41, 5.74) is 0.647. The van der Waals surface area contributed by atoms with Crippen molar-refractivity contribution in [1.82, 2.24) is 0 Å². The molecule has 5 heteroatoms. The summed E-state index contributed by atoms with van der Waals surface area (Å²) < 4.78 is 29.6. The van der Waals surface area contributed by atoms with Crippen molar-refractivity contribution in [3.63, 3.8) is 0 Å². The predicted molar refractivity (Wildman–Crippen MR) is 145 cm³/mol. The second-order valence-electron chi connectivity index (χ2n) is 10.2. The highest BCUT2D eigenvalue weighted by atomic mass is 31.2. The van der Waals surface area contributed by atoms with Gasteiger partial charge in [-0.05, 0) is 32.5 Å². The van der Waals surface area contributed by atoms with Crippen LogP contribution in [0.4, 0.5) is 0 Å². The van der Waals surface area contributed by atoms with Crippen LogP contribution in [0.2, 0.25) is 19.6 Å². The molecule has 3 aromatic rings. The zero-order valence-electron chi connectivity index (χ0n) is 20.8. The number of hydrogen-bond donors (Lipinski definition) is 0. The van der Waals surface area contributed by atoms with Crippen LogP contribution in [-0.2, 0) is 19.5 Å². The molecule has 1 heterocycles. The third-order valence-electron chi connectivity index (χ3n) is 6.50. The number of ether oxygens (including phenoxy) is 1. The van der Waals surface area contributed by atoms with Gasteiger partial charge in [-0.15, -0.1) is 0 Å². The van der Waals surface area contributed by atoms with Crippen molar-refractivity contribution < 1.29 is 13.7 Å². The number of benzene rings is 3. The Balaban J connectivity index is 1.97. The highest BCUT2D eigenvalue weighted by molar-refractivity contribution is 7.79. The summed E-state index contributed by atoms with van der Waals surface area (Å²) in [6.45, 7) is 8.77. The minimum atomic E-state index is -3.14. The Kier molecular flexibility index (Phi) is 7.64. The molecule has 3 atom stereocenters. The lowest BCUT2D eigenvalue weighted by molar-refractivity contribution is -0.185. The van der Waals surface area contributed by atoms with E-state index in [1.165, 1.54) is 0 Å². The van der Waals surface area contributed by atoms with E-state index in [0.717, 1.165) is 35.4 Å². The molecule has 180 valence electrons. The van der Waals surface area contributed by atoms with Crippen LogP contribution >= 0.6 is 7.14 Å². The first-order chi connectivity index (χ1) is 16.3. The van der Waals surface area contributed by atoms with Crippen molar-refractivity contribution in [2.75, 3.05) is 0 Å².